The van der Waals surface area contributed by atoms with Gasteiger partial charge in [-0.05, 0) is 18.6 Å². The highest BCUT2D eigenvalue weighted by Crippen LogP contribution is 2.29. The Morgan fingerprint density at radius 3 is 2.85 bits per heavy atom. The zero-order valence-electron chi connectivity index (χ0n) is 7.26. The standard InChI is InChI=1S/C9H11ClFNO/c1-6(11)9-7(5-13-12)3-2-4-8(9)10/h2-4,6H,5,12H2,1H3. The van der Waals surface area contributed by atoms with Crippen LogP contribution in [0.5, 0.6) is 0 Å². The first kappa shape index (κ1) is 10.4. The quantitative estimate of drug-likeness (QED) is 0.767. The predicted molar refractivity (Wildman–Crippen MR) is 50.0 cm³/mol. The predicted octanol–water partition coefficient (Wildman–Crippen LogP) is 2.76. The molecule has 1 aromatic carbocycles. The van der Waals surface area contributed by atoms with Crippen molar-refractivity contribution in [2.45, 2.75) is 19.7 Å². The fraction of sp³-hybridized carbons (Fsp3) is 0.333. The van der Waals surface area contributed by atoms with E-state index in [0.29, 0.717) is 16.1 Å². The first-order valence-corrected chi connectivity index (χ1v) is 4.27. The van der Waals surface area contributed by atoms with Gasteiger partial charge in [0.1, 0.15) is 6.17 Å². The first-order chi connectivity index (χ1) is 6.16. The molecule has 0 fully saturated rings. The Bertz CT molecular complexity index is 291. The molecule has 0 aliphatic rings. The highest BCUT2D eigenvalue weighted by atomic mass is 35.5. The lowest BCUT2D eigenvalue weighted by atomic mass is 10.0. The van der Waals surface area contributed by atoms with Gasteiger partial charge in [-0.15, -0.1) is 0 Å². The van der Waals surface area contributed by atoms with Gasteiger partial charge in [0.15, 0.2) is 0 Å². The molecule has 0 amide bonds. The molecular weight excluding hydrogens is 193 g/mol. The van der Waals surface area contributed by atoms with Gasteiger partial charge >= 0.3 is 0 Å². The smallest absolute Gasteiger partial charge is 0.124 e. The van der Waals surface area contributed by atoms with Crippen LogP contribution in [0.2, 0.25) is 5.02 Å². The van der Waals surface area contributed by atoms with Gasteiger partial charge < -0.3 is 0 Å². The van der Waals surface area contributed by atoms with Gasteiger partial charge in [-0.25, -0.2) is 10.3 Å². The molecule has 4 heteroatoms. The molecule has 1 unspecified atom stereocenters. The van der Waals surface area contributed by atoms with Crippen LogP contribution in [0.15, 0.2) is 18.2 Å². The van der Waals surface area contributed by atoms with Crippen LogP contribution < -0.4 is 5.90 Å². The van der Waals surface area contributed by atoms with Gasteiger partial charge in [0.2, 0.25) is 0 Å². The summed E-state index contributed by atoms with van der Waals surface area (Å²) in [5.74, 6) is 4.91. The van der Waals surface area contributed by atoms with E-state index < -0.39 is 6.17 Å². The average molecular weight is 204 g/mol. The summed E-state index contributed by atoms with van der Waals surface area (Å²) in [6.07, 6.45) is -1.11. The van der Waals surface area contributed by atoms with E-state index >= 15 is 0 Å². The van der Waals surface area contributed by atoms with Crippen LogP contribution >= 0.6 is 11.6 Å². The van der Waals surface area contributed by atoms with E-state index in [9.17, 15) is 4.39 Å². The average Bonchev–Trinajstić information content (AvgIpc) is 2.04. The summed E-state index contributed by atoms with van der Waals surface area (Å²) in [5, 5.41) is 0.407. The second-order valence-corrected chi connectivity index (χ2v) is 3.15. The second kappa shape index (κ2) is 4.56. The van der Waals surface area contributed by atoms with E-state index in [1.54, 1.807) is 18.2 Å². The topological polar surface area (TPSA) is 35.2 Å². The van der Waals surface area contributed by atoms with Crippen molar-refractivity contribution < 1.29 is 9.23 Å². The van der Waals surface area contributed by atoms with E-state index in [1.165, 1.54) is 6.92 Å². The molecule has 0 radical (unpaired) electrons. The van der Waals surface area contributed by atoms with Crippen LogP contribution in [0.25, 0.3) is 0 Å². The third-order valence-electron chi connectivity index (χ3n) is 1.78. The van der Waals surface area contributed by atoms with Gasteiger partial charge in [0.25, 0.3) is 0 Å². The van der Waals surface area contributed by atoms with E-state index in [4.69, 9.17) is 17.5 Å². The number of nitrogens with two attached hydrogens (primary N) is 1. The van der Waals surface area contributed by atoms with Gasteiger partial charge in [-0.1, -0.05) is 23.7 Å². The first-order valence-electron chi connectivity index (χ1n) is 3.90. The maximum atomic E-state index is 13.1. The number of hydrogen-bond acceptors (Lipinski definition) is 2. The molecule has 2 nitrogen and oxygen atoms in total. The Morgan fingerprint density at radius 2 is 2.31 bits per heavy atom. The third kappa shape index (κ3) is 2.40. The van der Waals surface area contributed by atoms with Crippen molar-refractivity contribution in [1.29, 1.82) is 0 Å². The SMILES string of the molecule is CC(F)c1c(Cl)cccc1CON. The number of alkyl halides is 1. The molecule has 1 atom stereocenters. The number of rotatable bonds is 3. The van der Waals surface area contributed by atoms with Crippen molar-refractivity contribution in [3.63, 3.8) is 0 Å². The van der Waals surface area contributed by atoms with Crippen LogP contribution in [0, 0.1) is 0 Å². The summed E-state index contributed by atoms with van der Waals surface area (Å²) in [5.41, 5.74) is 1.14. The minimum absolute atomic E-state index is 0.171. The minimum atomic E-state index is -1.11. The van der Waals surface area contributed by atoms with Crippen molar-refractivity contribution in [1.82, 2.24) is 0 Å². The Morgan fingerprint density at radius 1 is 1.62 bits per heavy atom. The van der Waals surface area contributed by atoms with Gasteiger partial charge in [0, 0.05) is 10.6 Å². The zero-order chi connectivity index (χ0) is 9.84. The van der Waals surface area contributed by atoms with Crippen molar-refractivity contribution >= 4 is 11.6 Å². The highest BCUT2D eigenvalue weighted by molar-refractivity contribution is 6.31. The summed E-state index contributed by atoms with van der Waals surface area (Å²) in [6.45, 7) is 1.60. The molecule has 1 rings (SSSR count). The van der Waals surface area contributed by atoms with Crippen molar-refractivity contribution in [3.8, 4) is 0 Å². The van der Waals surface area contributed by atoms with Gasteiger partial charge in [0.05, 0.1) is 6.61 Å². The molecular formula is C9H11ClFNO. The maximum Gasteiger partial charge on any atom is 0.124 e. The van der Waals surface area contributed by atoms with E-state index in [1.807, 2.05) is 0 Å². The van der Waals surface area contributed by atoms with E-state index in [0.717, 1.165) is 0 Å². The molecule has 72 valence electrons. The summed E-state index contributed by atoms with van der Waals surface area (Å²) < 4.78 is 13.1. The summed E-state index contributed by atoms with van der Waals surface area (Å²) in [4.78, 5) is 4.45. The normalized spacial score (nSPS) is 12.9. The van der Waals surface area contributed by atoms with E-state index in [-0.39, 0.29) is 6.61 Å². The fourth-order valence-electron chi connectivity index (χ4n) is 1.24. The summed E-state index contributed by atoms with van der Waals surface area (Å²) in [6, 6.07) is 5.12. The molecule has 0 aromatic heterocycles. The lowest BCUT2D eigenvalue weighted by Gasteiger charge is -2.10. The Kier molecular flexibility index (Phi) is 3.66. The number of halogens is 2. The van der Waals surface area contributed by atoms with Crippen molar-refractivity contribution in [3.05, 3.63) is 34.3 Å². The summed E-state index contributed by atoms with van der Waals surface area (Å²) >= 11 is 5.82. The van der Waals surface area contributed by atoms with Crippen molar-refractivity contribution in [2.75, 3.05) is 0 Å². The molecule has 13 heavy (non-hydrogen) atoms. The minimum Gasteiger partial charge on any atom is -0.300 e. The molecule has 0 heterocycles. The number of benzene rings is 1. The monoisotopic (exact) mass is 203 g/mol. The van der Waals surface area contributed by atoms with Crippen LogP contribution in [-0.4, -0.2) is 0 Å². The van der Waals surface area contributed by atoms with Crippen LogP contribution in [0.3, 0.4) is 0 Å². The van der Waals surface area contributed by atoms with Crippen LogP contribution in [-0.2, 0) is 11.4 Å². The molecule has 0 aliphatic carbocycles. The molecule has 0 bridgehead atoms. The largest absolute Gasteiger partial charge is 0.300 e. The van der Waals surface area contributed by atoms with Gasteiger partial charge in [-0.3, -0.25) is 4.84 Å². The molecule has 0 aliphatic heterocycles. The second-order valence-electron chi connectivity index (χ2n) is 2.74. The Labute approximate surface area is 81.4 Å². The van der Waals surface area contributed by atoms with Gasteiger partial charge in [-0.2, -0.15) is 0 Å². The third-order valence-corrected chi connectivity index (χ3v) is 2.11. The molecule has 0 saturated heterocycles. The molecule has 1 aromatic rings. The Hall–Kier alpha value is -0.640. The highest BCUT2D eigenvalue weighted by Gasteiger charge is 2.12. The maximum absolute atomic E-state index is 13.1. The van der Waals surface area contributed by atoms with Crippen LogP contribution in [0.4, 0.5) is 4.39 Å². The van der Waals surface area contributed by atoms with E-state index in [2.05, 4.69) is 4.84 Å². The lowest BCUT2D eigenvalue weighted by molar-refractivity contribution is 0.122. The fourth-order valence-corrected chi connectivity index (χ4v) is 1.59. The van der Waals surface area contributed by atoms with Crippen molar-refractivity contribution in [2.24, 2.45) is 5.90 Å². The molecule has 2 N–H and O–H groups in total. The zero-order valence-corrected chi connectivity index (χ0v) is 8.01. The summed E-state index contributed by atoms with van der Waals surface area (Å²) in [7, 11) is 0. The lowest BCUT2D eigenvalue weighted by Crippen LogP contribution is -2.03. The Balaban J connectivity index is 3.10. The van der Waals surface area contributed by atoms with Crippen LogP contribution in [0.1, 0.15) is 24.2 Å². The number of hydrogen-bond donors (Lipinski definition) is 1. The molecule has 0 saturated carbocycles. The molecule has 0 spiro atoms.